The minimum absolute atomic E-state index is 0.120. The molecule has 2 rings (SSSR count). The van der Waals surface area contributed by atoms with Crippen molar-refractivity contribution < 1.29 is 4.79 Å². The number of carbonyl (C=O) groups excluding carboxylic acids is 1. The maximum Gasteiger partial charge on any atom is 0.164 e. The molecule has 2 aromatic rings. The second-order valence-electron chi connectivity index (χ2n) is 4.13. The topological polar surface area (TPSA) is 30.0 Å². The Labute approximate surface area is 112 Å². The standard InChI is InChI=1S/C15H14ClNO/c16-15-10-9-13(11-17-15)14(18)8-4-7-12-5-2-1-3-6-12/h1-3,5-6,9-11H,4,7-8H2. The monoisotopic (exact) mass is 259 g/mol. The van der Waals surface area contributed by atoms with Gasteiger partial charge in [0.15, 0.2) is 5.78 Å². The Morgan fingerprint density at radius 1 is 1.11 bits per heavy atom. The summed E-state index contributed by atoms with van der Waals surface area (Å²) in [5.41, 5.74) is 1.90. The number of Topliss-reactive ketones (excluding diaryl/α,β-unsaturated/α-hetero) is 1. The first-order valence-electron chi connectivity index (χ1n) is 5.94. The Hall–Kier alpha value is -1.67. The van der Waals surface area contributed by atoms with Crippen LogP contribution >= 0.6 is 11.6 Å². The van der Waals surface area contributed by atoms with Gasteiger partial charge in [-0.2, -0.15) is 0 Å². The molecule has 1 aromatic heterocycles. The summed E-state index contributed by atoms with van der Waals surface area (Å²) >= 11 is 5.68. The summed E-state index contributed by atoms with van der Waals surface area (Å²) in [5, 5.41) is 0.413. The number of halogens is 1. The predicted octanol–water partition coefficient (Wildman–Crippen LogP) is 3.94. The van der Waals surface area contributed by atoms with Gasteiger partial charge in [0, 0.05) is 18.2 Å². The zero-order valence-corrected chi connectivity index (χ0v) is 10.7. The van der Waals surface area contributed by atoms with Crippen molar-refractivity contribution in [3.63, 3.8) is 0 Å². The van der Waals surface area contributed by atoms with Crippen LogP contribution in [0.3, 0.4) is 0 Å². The van der Waals surface area contributed by atoms with Crippen molar-refractivity contribution in [3.8, 4) is 0 Å². The molecule has 0 saturated carbocycles. The van der Waals surface area contributed by atoms with E-state index >= 15 is 0 Å². The molecular weight excluding hydrogens is 246 g/mol. The van der Waals surface area contributed by atoms with Gasteiger partial charge in [0.05, 0.1) is 0 Å². The number of hydrogen-bond donors (Lipinski definition) is 0. The van der Waals surface area contributed by atoms with Crippen LogP contribution in [0.1, 0.15) is 28.8 Å². The molecule has 0 radical (unpaired) electrons. The van der Waals surface area contributed by atoms with Gasteiger partial charge in [-0.15, -0.1) is 0 Å². The fraction of sp³-hybridized carbons (Fsp3) is 0.200. The molecule has 18 heavy (non-hydrogen) atoms. The smallest absolute Gasteiger partial charge is 0.164 e. The van der Waals surface area contributed by atoms with E-state index in [1.165, 1.54) is 11.8 Å². The van der Waals surface area contributed by atoms with E-state index in [1.54, 1.807) is 12.1 Å². The molecule has 1 heterocycles. The summed E-state index contributed by atoms with van der Waals surface area (Å²) in [6, 6.07) is 13.5. The Morgan fingerprint density at radius 2 is 1.89 bits per heavy atom. The van der Waals surface area contributed by atoms with Gasteiger partial charge in [0.25, 0.3) is 0 Å². The average molecular weight is 260 g/mol. The van der Waals surface area contributed by atoms with Crippen LogP contribution in [0.15, 0.2) is 48.7 Å². The Balaban J connectivity index is 1.84. The van der Waals surface area contributed by atoms with E-state index in [0.717, 1.165) is 12.8 Å². The van der Waals surface area contributed by atoms with Gasteiger partial charge in [-0.1, -0.05) is 41.9 Å². The number of nitrogens with zero attached hydrogens (tertiary/aromatic N) is 1. The minimum atomic E-state index is 0.120. The average Bonchev–Trinajstić information content (AvgIpc) is 2.40. The van der Waals surface area contributed by atoms with Crippen LogP contribution in [0.2, 0.25) is 5.15 Å². The molecule has 0 aliphatic rings. The fourth-order valence-corrected chi connectivity index (χ4v) is 1.89. The van der Waals surface area contributed by atoms with Crippen molar-refractivity contribution in [2.45, 2.75) is 19.3 Å². The quantitative estimate of drug-likeness (QED) is 0.601. The molecule has 0 saturated heterocycles. The van der Waals surface area contributed by atoms with Crippen molar-refractivity contribution in [1.82, 2.24) is 4.98 Å². The first-order valence-corrected chi connectivity index (χ1v) is 6.32. The van der Waals surface area contributed by atoms with Crippen LogP contribution in [0.25, 0.3) is 0 Å². The van der Waals surface area contributed by atoms with Crippen molar-refractivity contribution >= 4 is 17.4 Å². The number of hydrogen-bond acceptors (Lipinski definition) is 2. The highest BCUT2D eigenvalue weighted by atomic mass is 35.5. The zero-order chi connectivity index (χ0) is 12.8. The number of carbonyl (C=O) groups is 1. The minimum Gasteiger partial charge on any atom is -0.294 e. The molecule has 0 amide bonds. The molecule has 1 aromatic carbocycles. The van der Waals surface area contributed by atoms with Crippen molar-refractivity contribution in [2.75, 3.05) is 0 Å². The first-order chi connectivity index (χ1) is 8.75. The molecule has 0 aliphatic carbocycles. The van der Waals surface area contributed by atoms with Crippen LogP contribution in [0, 0.1) is 0 Å². The Morgan fingerprint density at radius 3 is 2.56 bits per heavy atom. The van der Waals surface area contributed by atoms with E-state index in [4.69, 9.17) is 11.6 Å². The van der Waals surface area contributed by atoms with E-state index < -0.39 is 0 Å². The summed E-state index contributed by atoms with van der Waals surface area (Å²) < 4.78 is 0. The molecule has 0 spiro atoms. The number of aryl methyl sites for hydroxylation is 1. The van der Waals surface area contributed by atoms with Gasteiger partial charge in [-0.05, 0) is 30.5 Å². The predicted molar refractivity (Wildman–Crippen MR) is 73.0 cm³/mol. The normalized spacial score (nSPS) is 10.3. The second-order valence-corrected chi connectivity index (χ2v) is 4.52. The Kier molecular flexibility index (Phi) is 4.48. The number of aromatic nitrogens is 1. The maximum absolute atomic E-state index is 11.9. The zero-order valence-electron chi connectivity index (χ0n) is 9.97. The highest BCUT2D eigenvalue weighted by Gasteiger charge is 2.06. The summed E-state index contributed by atoms with van der Waals surface area (Å²) in [7, 11) is 0. The van der Waals surface area contributed by atoms with Gasteiger partial charge in [0.1, 0.15) is 5.15 Å². The van der Waals surface area contributed by atoms with Gasteiger partial charge in [0.2, 0.25) is 0 Å². The highest BCUT2D eigenvalue weighted by molar-refractivity contribution is 6.29. The third-order valence-electron chi connectivity index (χ3n) is 2.76. The number of pyridine rings is 1. The van der Waals surface area contributed by atoms with Crippen LogP contribution in [-0.2, 0) is 6.42 Å². The lowest BCUT2D eigenvalue weighted by atomic mass is 10.0. The van der Waals surface area contributed by atoms with Crippen molar-refractivity contribution in [1.29, 1.82) is 0 Å². The summed E-state index contributed by atoms with van der Waals surface area (Å²) in [6.07, 6.45) is 3.85. The van der Waals surface area contributed by atoms with Crippen molar-refractivity contribution in [3.05, 3.63) is 64.9 Å². The van der Waals surface area contributed by atoms with Crippen LogP contribution < -0.4 is 0 Å². The second kappa shape index (κ2) is 6.31. The fourth-order valence-electron chi connectivity index (χ4n) is 1.78. The van der Waals surface area contributed by atoms with Crippen LogP contribution in [0.5, 0.6) is 0 Å². The summed E-state index contributed by atoms with van der Waals surface area (Å²) in [6.45, 7) is 0. The third kappa shape index (κ3) is 3.67. The number of ketones is 1. The van der Waals surface area contributed by atoms with Crippen LogP contribution in [-0.4, -0.2) is 10.8 Å². The molecule has 0 N–H and O–H groups in total. The number of rotatable bonds is 5. The van der Waals surface area contributed by atoms with E-state index in [0.29, 0.717) is 17.1 Å². The molecule has 92 valence electrons. The highest BCUT2D eigenvalue weighted by Crippen LogP contribution is 2.10. The molecule has 0 unspecified atom stereocenters. The summed E-state index contributed by atoms with van der Waals surface area (Å²) in [4.78, 5) is 15.8. The molecule has 0 fully saturated rings. The first kappa shape index (κ1) is 12.8. The number of benzene rings is 1. The molecular formula is C15H14ClNO. The summed E-state index contributed by atoms with van der Waals surface area (Å²) in [5.74, 6) is 0.120. The lowest BCUT2D eigenvalue weighted by Gasteiger charge is -2.02. The van der Waals surface area contributed by atoms with Crippen molar-refractivity contribution in [2.24, 2.45) is 0 Å². The van der Waals surface area contributed by atoms with Gasteiger partial charge in [-0.25, -0.2) is 4.98 Å². The third-order valence-corrected chi connectivity index (χ3v) is 2.99. The lowest BCUT2D eigenvalue weighted by molar-refractivity contribution is 0.0980. The van der Waals surface area contributed by atoms with E-state index in [-0.39, 0.29) is 5.78 Å². The van der Waals surface area contributed by atoms with E-state index in [1.807, 2.05) is 18.2 Å². The Bertz CT molecular complexity index is 508. The van der Waals surface area contributed by atoms with E-state index in [9.17, 15) is 4.79 Å². The molecule has 3 heteroatoms. The molecule has 0 bridgehead atoms. The van der Waals surface area contributed by atoms with E-state index in [2.05, 4.69) is 17.1 Å². The maximum atomic E-state index is 11.9. The largest absolute Gasteiger partial charge is 0.294 e. The van der Waals surface area contributed by atoms with Gasteiger partial charge in [-0.3, -0.25) is 4.79 Å². The van der Waals surface area contributed by atoms with Gasteiger partial charge < -0.3 is 0 Å². The van der Waals surface area contributed by atoms with Gasteiger partial charge >= 0.3 is 0 Å². The molecule has 0 atom stereocenters. The SMILES string of the molecule is O=C(CCCc1ccccc1)c1ccc(Cl)nc1. The van der Waals surface area contributed by atoms with Crippen LogP contribution in [0.4, 0.5) is 0 Å². The molecule has 0 aliphatic heterocycles. The lowest BCUT2D eigenvalue weighted by Crippen LogP contribution is -2.00. The molecule has 2 nitrogen and oxygen atoms in total.